The smallest absolute Gasteiger partial charge is 0.287 e. The van der Waals surface area contributed by atoms with Gasteiger partial charge in [0, 0.05) is 17.8 Å². The Morgan fingerprint density at radius 3 is 2.69 bits per heavy atom. The monoisotopic (exact) mass is 539 g/mol. The first kappa shape index (κ1) is 26.0. The molecule has 3 aromatic rings. The van der Waals surface area contributed by atoms with Crippen LogP contribution in [0.1, 0.15) is 16.2 Å². The Labute approximate surface area is 210 Å². The molecule has 1 aromatic heterocycles. The Morgan fingerprint density at radius 1 is 1.25 bits per heavy atom. The number of ether oxygens (including phenoxy) is 3. The Morgan fingerprint density at radius 2 is 2.00 bits per heavy atom. The van der Waals surface area contributed by atoms with E-state index in [-0.39, 0.29) is 54.6 Å². The van der Waals surface area contributed by atoms with Gasteiger partial charge in [-0.15, -0.1) is 0 Å². The lowest BCUT2D eigenvalue weighted by atomic mass is 10.2. The minimum absolute atomic E-state index is 0.0366. The van der Waals surface area contributed by atoms with E-state index in [2.05, 4.69) is 15.3 Å². The number of nitrogens with one attached hydrogen (secondary N) is 2. The van der Waals surface area contributed by atoms with Crippen LogP contribution in [0.3, 0.4) is 0 Å². The van der Waals surface area contributed by atoms with E-state index in [9.17, 15) is 22.4 Å². The first-order valence-electron chi connectivity index (χ1n) is 10.9. The summed E-state index contributed by atoms with van der Waals surface area (Å²) in [6, 6.07) is 9.28. The zero-order valence-corrected chi connectivity index (χ0v) is 20.7. The van der Waals surface area contributed by atoms with E-state index in [1.54, 1.807) is 24.3 Å². The second-order valence-corrected chi connectivity index (χ2v) is 10.9. The third-order valence-electron chi connectivity index (χ3n) is 5.27. The van der Waals surface area contributed by atoms with E-state index >= 15 is 0 Å². The van der Waals surface area contributed by atoms with Gasteiger partial charge in [0.1, 0.15) is 27.9 Å². The molecule has 2 unspecified atom stereocenters. The maximum Gasteiger partial charge on any atom is 0.287 e. The van der Waals surface area contributed by atoms with E-state index in [0.717, 1.165) is 17.9 Å². The summed E-state index contributed by atoms with van der Waals surface area (Å²) >= 11 is 5.94. The van der Waals surface area contributed by atoms with Gasteiger partial charge in [-0.25, -0.2) is 17.8 Å². The number of fused-ring (bicyclic) bond motifs is 1. The molecule has 2 aromatic carbocycles. The van der Waals surface area contributed by atoms with Gasteiger partial charge in [-0.2, -0.15) is 0 Å². The lowest BCUT2D eigenvalue weighted by Gasteiger charge is -2.29. The molecule has 1 amide bonds. The first-order valence-corrected chi connectivity index (χ1v) is 13.3. The molecular weight excluding hydrogens is 517 g/mol. The second-order valence-electron chi connectivity index (χ2n) is 8.31. The van der Waals surface area contributed by atoms with Gasteiger partial charge in [0.25, 0.3) is 11.5 Å². The van der Waals surface area contributed by atoms with E-state index < -0.39 is 39.3 Å². The van der Waals surface area contributed by atoms with Crippen molar-refractivity contribution < 1.29 is 31.8 Å². The van der Waals surface area contributed by atoms with Gasteiger partial charge in [-0.1, -0.05) is 23.7 Å². The van der Waals surface area contributed by atoms with Gasteiger partial charge in [0.15, 0.2) is 17.4 Å². The number of rotatable bonds is 8. The fourth-order valence-corrected chi connectivity index (χ4v) is 4.71. The van der Waals surface area contributed by atoms with E-state index in [0.29, 0.717) is 5.02 Å². The van der Waals surface area contributed by atoms with Crippen LogP contribution in [-0.4, -0.2) is 68.3 Å². The highest BCUT2D eigenvalue weighted by molar-refractivity contribution is 7.90. The molecule has 2 atom stereocenters. The van der Waals surface area contributed by atoms with Crippen LogP contribution in [-0.2, 0) is 25.9 Å². The third kappa shape index (κ3) is 6.58. The summed E-state index contributed by atoms with van der Waals surface area (Å²) in [5.41, 5.74) is 0.0711. The summed E-state index contributed by atoms with van der Waals surface area (Å²) in [6.45, 7) is 0.0867. The molecule has 0 bridgehead atoms. The third-order valence-corrected chi connectivity index (χ3v) is 6.49. The minimum atomic E-state index is -3.23. The topological polar surface area (TPSA) is 137 Å². The number of hydrogen-bond acceptors (Lipinski definition) is 8. The Hall–Kier alpha value is -3.06. The summed E-state index contributed by atoms with van der Waals surface area (Å²) in [7, 11) is -3.23. The predicted octanol–water partition coefficient (Wildman–Crippen LogP) is 1.85. The normalized spacial score (nSPS) is 18.2. The van der Waals surface area contributed by atoms with Crippen LogP contribution in [0.5, 0.6) is 5.75 Å². The number of H-pyrrole nitrogens is 1. The number of halogens is 2. The van der Waals surface area contributed by atoms with Gasteiger partial charge >= 0.3 is 0 Å². The molecule has 2 N–H and O–H groups in total. The fourth-order valence-electron chi connectivity index (χ4n) is 3.63. The Balaban J connectivity index is 1.45. The Kier molecular flexibility index (Phi) is 7.88. The molecule has 0 aliphatic carbocycles. The van der Waals surface area contributed by atoms with E-state index in [4.69, 9.17) is 25.8 Å². The maximum absolute atomic E-state index is 14.6. The van der Waals surface area contributed by atoms with Crippen LogP contribution < -0.4 is 15.6 Å². The molecule has 1 saturated heterocycles. The van der Waals surface area contributed by atoms with Crippen molar-refractivity contribution >= 4 is 38.2 Å². The van der Waals surface area contributed by atoms with Crippen LogP contribution in [0.2, 0.25) is 5.02 Å². The molecule has 36 heavy (non-hydrogen) atoms. The minimum Gasteiger partial charge on any atom is -0.487 e. The SMILES string of the molecule is CS(=O)(=O)CC1COC(COc2c(F)ccc3nc(C(=O)NCc4cccc(Cl)c4)[nH]c(=O)c23)CO1. The van der Waals surface area contributed by atoms with Crippen LogP contribution in [0.25, 0.3) is 10.9 Å². The number of aromatic nitrogens is 2. The van der Waals surface area contributed by atoms with Crippen LogP contribution in [0.4, 0.5) is 4.39 Å². The van der Waals surface area contributed by atoms with E-state index in [1.807, 2.05) is 0 Å². The summed E-state index contributed by atoms with van der Waals surface area (Å²) in [4.78, 5) is 31.8. The fraction of sp³-hybridized carbons (Fsp3) is 0.348. The molecule has 4 rings (SSSR count). The van der Waals surface area contributed by atoms with E-state index in [1.165, 1.54) is 6.07 Å². The van der Waals surface area contributed by atoms with Crippen molar-refractivity contribution in [2.45, 2.75) is 18.8 Å². The molecule has 1 fully saturated rings. The summed E-state index contributed by atoms with van der Waals surface area (Å²) < 4.78 is 54.0. The van der Waals surface area contributed by atoms with Gasteiger partial charge < -0.3 is 24.5 Å². The van der Waals surface area contributed by atoms with Gasteiger partial charge in [0.05, 0.1) is 30.6 Å². The van der Waals surface area contributed by atoms with Crippen molar-refractivity contribution in [2.24, 2.45) is 0 Å². The first-order chi connectivity index (χ1) is 17.1. The summed E-state index contributed by atoms with van der Waals surface area (Å²) in [6.07, 6.45) is -0.0885. The zero-order chi connectivity index (χ0) is 25.9. The van der Waals surface area contributed by atoms with Crippen molar-refractivity contribution in [3.8, 4) is 5.75 Å². The van der Waals surface area contributed by atoms with Crippen LogP contribution >= 0.6 is 11.6 Å². The molecule has 2 heterocycles. The highest BCUT2D eigenvalue weighted by Gasteiger charge is 2.26. The van der Waals surface area contributed by atoms with Gasteiger partial charge in [0.2, 0.25) is 0 Å². The average molecular weight is 540 g/mol. The van der Waals surface area contributed by atoms with Crippen molar-refractivity contribution in [1.29, 1.82) is 0 Å². The number of hydrogen-bond donors (Lipinski definition) is 2. The number of carbonyl (C=O) groups excluding carboxylic acids is 1. The predicted molar refractivity (Wildman–Crippen MR) is 130 cm³/mol. The number of nitrogens with zero attached hydrogens (tertiary/aromatic N) is 1. The molecule has 192 valence electrons. The Bertz CT molecular complexity index is 1440. The number of aromatic amines is 1. The molecule has 1 aliphatic heterocycles. The van der Waals surface area contributed by atoms with Crippen molar-refractivity contribution in [3.63, 3.8) is 0 Å². The van der Waals surface area contributed by atoms with Crippen molar-refractivity contribution in [2.75, 3.05) is 31.8 Å². The largest absolute Gasteiger partial charge is 0.487 e. The number of benzene rings is 2. The zero-order valence-electron chi connectivity index (χ0n) is 19.1. The quantitative estimate of drug-likeness (QED) is 0.442. The molecule has 1 aliphatic rings. The molecule has 10 nitrogen and oxygen atoms in total. The average Bonchev–Trinajstić information content (AvgIpc) is 2.82. The molecular formula is C23H23ClFN3O7S. The second kappa shape index (κ2) is 10.9. The summed E-state index contributed by atoms with van der Waals surface area (Å²) in [5.74, 6) is -2.17. The highest BCUT2D eigenvalue weighted by Crippen LogP contribution is 2.26. The summed E-state index contributed by atoms with van der Waals surface area (Å²) in [5, 5.41) is 3.00. The molecule has 0 saturated carbocycles. The molecule has 0 radical (unpaired) electrons. The number of carbonyl (C=O) groups is 1. The number of sulfone groups is 1. The van der Waals surface area contributed by atoms with Crippen molar-refractivity contribution in [3.05, 3.63) is 69.0 Å². The molecule has 13 heteroatoms. The van der Waals surface area contributed by atoms with Gasteiger partial charge in [-0.3, -0.25) is 9.59 Å². The molecule has 0 spiro atoms. The standard InChI is InChI=1S/C23H23ClFN3O7S/c1-36(31,32)12-16-11-33-15(9-34-16)10-35-20-17(25)5-6-18-19(20)22(29)28-21(27-18)23(30)26-8-13-3-2-4-14(24)7-13/h2-7,15-16H,8-12H2,1H3,(H,26,30)(H,27,28,29). The van der Waals surface area contributed by atoms with Gasteiger partial charge in [-0.05, 0) is 29.8 Å². The maximum atomic E-state index is 14.6. The number of amides is 1. The van der Waals surface area contributed by atoms with Crippen LogP contribution in [0, 0.1) is 5.82 Å². The van der Waals surface area contributed by atoms with Crippen molar-refractivity contribution in [1.82, 2.24) is 15.3 Å². The van der Waals surface area contributed by atoms with Crippen LogP contribution in [0.15, 0.2) is 41.2 Å². The lowest BCUT2D eigenvalue weighted by molar-refractivity contribution is -0.134. The lowest BCUT2D eigenvalue weighted by Crippen LogP contribution is -2.41. The highest BCUT2D eigenvalue weighted by atomic mass is 35.5.